The number of nitrogens with one attached hydrogen (secondary N) is 1. The minimum absolute atomic E-state index is 0.00442. The summed E-state index contributed by atoms with van der Waals surface area (Å²) in [6.45, 7) is -0.0392. The summed E-state index contributed by atoms with van der Waals surface area (Å²) in [5.41, 5.74) is 4.93. The molecule has 2 atom stereocenters. The molecule has 0 radical (unpaired) electrons. The van der Waals surface area contributed by atoms with E-state index >= 15 is 0 Å². The molecular weight excluding hydrogens is 458 g/mol. The number of carbonyl (C=O) groups excluding carboxylic acids is 2. The zero-order valence-corrected chi connectivity index (χ0v) is 19.4. The molecule has 0 spiro atoms. The van der Waals surface area contributed by atoms with Crippen LogP contribution in [-0.2, 0) is 25.7 Å². The number of carbonyl (C=O) groups is 3. The van der Waals surface area contributed by atoms with Crippen molar-refractivity contribution in [3.05, 3.63) is 95.6 Å². The van der Waals surface area contributed by atoms with Crippen LogP contribution in [-0.4, -0.2) is 35.8 Å². The molecule has 0 bridgehead atoms. The van der Waals surface area contributed by atoms with Crippen LogP contribution in [0, 0.1) is 18.3 Å². The number of carboxylic acids is 1. The largest absolute Gasteiger partial charge is 0.480 e. The first-order chi connectivity index (χ1) is 17.5. The van der Waals surface area contributed by atoms with E-state index in [-0.39, 0.29) is 25.6 Å². The standard InChI is InChI=1S/C29H25NO6/c1-2-10-24(28(33)35-17-19-11-4-3-5-12-19)26(27(31)32)30-29(34)36-18-25-22-15-8-6-13-20(22)21-14-7-9-16-23(21)25/h1,3-9,11-16,24-26H,10,17-18H2,(H,30,34)(H,31,32)/t24?,26-/m0/s1. The van der Waals surface area contributed by atoms with Crippen molar-refractivity contribution < 1.29 is 29.0 Å². The van der Waals surface area contributed by atoms with E-state index in [1.807, 2.05) is 54.6 Å². The quantitative estimate of drug-likeness (QED) is 0.346. The average molecular weight is 484 g/mol. The SMILES string of the molecule is C#CCC(C(=O)OCc1ccccc1)[C@H](NC(=O)OCC1c2ccccc2-c2ccccc21)C(=O)O. The lowest BCUT2D eigenvalue weighted by Gasteiger charge is -2.22. The molecule has 4 rings (SSSR count). The van der Waals surface area contributed by atoms with Gasteiger partial charge in [-0.15, -0.1) is 12.3 Å². The Bertz CT molecular complexity index is 1250. The molecule has 0 saturated heterocycles. The number of alkyl carbamates (subject to hydrolysis) is 1. The first-order valence-corrected chi connectivity index (χ1v) is 11.5. The molecule has 1 amide bonds. The molecule has 1 unspecified atom stereocenters. The van der Waals surface area contributed by atoms with Gasteiger partial charge >= 0.3 is 18.0 Å². The van der Waals surface area contributed by atoms with Gasteiger partial charge in [0.15, 0.2) is 0 Å². The number of hydrogen-bond donors (Lipinski definition) is 2. The number of amides is 1. The predicted molar refractivity (Wildman–Crippen MR) is 133 cm³/mol. The molecule has 3 aromatic carbocycles. The van der Waals surface area contributed by atoms with E-state index in [2.05, 4.69) is 11.2 Å². The Labute approximate surface area is 209 Å². The smallest absolute Gasteiger partial charge is 0.407 e. The maximum Gasteiger partial charge on any atom is 0.407 e. The van der Waals surface area contributed by atoms with Gasteiger partial charge in [-0.1, -0.05) is 78.9 Å². The second-order valence-corrected chi connectivity index (χ2v) is 8.39. The van der Waals surface area contributed by atoms with Gasteiger partial charge in [0, 0.05) is 12.3 Å². The van der Waals surface area contributed by atoms with E-state index in [4.69, 9.17) is 15.9 Å². The van der Waals surface area contributed by atoms with Gasteiger partial charge < -0.3 is 19.9 Å². The van der Waals surface area contributed by atoms with Gasteiger partial charge in [-0.3, -0.25) is 4.79 Å². The van der Waals surface area contributed by atoms with Gasteiger partial charge in [-0.25, -0.2) is 9.59 Å². The summed E-state index contributed by atoms with van der Waals surface area (Å²) in [5.74, 6) is -1.41. The van der Waals surface area contributed by atoms with E-state index in [1.165, 1.54) is 0 Å². The first-order valence-electron chi connectivity index (χ1n) is 11.5. The van der Waals surface area contributed by atoms with Crippen LogP contribution in [0.3, 0.4) is 0 Å². The van der Waals surface area contributed by atoms with E-state index in [0.717, 1.165) is 27.8 Å². The first kappa shape index (κ1) is 24.6. The molecule has 0 aliphatic heterocycles. The van der Waals surface area contributed by atoms with Gasteiger partial charge in [-0.2, -0.15) is 0 Å². The highest BCUT2D eigenvalue weighted by Crippen LogP contribution is 2.44. The van der Waals surface area contributed by atoms with Crippen LogP contribution < -0.4 is 5.32 Å². The highest BCUT2D eigenvalue weighted by atomic mass is 16.6. The molecule has 0 saturated carbocycles. The highest BCUT2D eigenvalue weighted by molar-refractivity contribution is 5.87. The Kier molecular flexibility index (Phi) is 7.66. The van der Waals surface area contributed by atoms with Crippen molar-refractivity contribution >= 4 is 18.0 Å². The van der Waals surface area contributed by atoms with Crippen molar-refractivity contribution in [2.75, 3.05) is 6.61 Å². The van der Waals surface area contributed by atoms with E-state index in [0.29, 0.717) is 0 Å². The molecule has 0 aromatic heterocycles. The molecule has 7 heteroatoms. The van der Waals surface area contributed by atoms with Gasteiger partial charge in [0.1, 0.15) is 19.3 Å². The predicted octanol–water partition coefficient (Wildman–Crippen LogP) is 4.36. The molecular formula is C29H25NO6. The third-order valence-corrected chi connectivity index (χ3v) is 6.15. The zero-order valence-electron chi connectivity index (χ0n) is 19.4. The van der Waals surface area contributed by atoms with Crippen LogP contribution in [0.1, 0.15) is 29.0 Å². The van der Waals surface area contributed by atoms with E-state index in [1.54, 1.807) is 24.3 Å². The van der Waals surface area contributed by atoms with Gasteiger partial charge in [0.25, 0.3) is 0 Å². The molecule has 182 valence electrons. The van der Waals surface area contributed by atoms with Crippen LogP contribution in [0.4, 0.5) is 4.79 Å². The fourth-order valence-electron chi connectivity index (χ4n) is 4.40. The molecule has 0 heterocycles. The number of carboxylic acid groups (broad SMARTS) is 1. The Hall–Kier alpha value is -4.57. The third kappa shape index (κ3) is 5.39. The number of hydrogen-bond acceptors (Lipinski definition) is 5. The lowest BCUT2D eigenvalue weighted by atomic mass is 9.96. The number of ether oxygens (including phenoxy) is 2. The van der Waals surface area contributed by atoms with Crippen LogP contribution in [0.2, 0.25) is 0 Å². The number of fused-ring (bicyclic) bond motifs is 3. The lowest BCUT2D eigenvalue weighted by Crippen LogP contribution is -2.49. The maximum atomic E-state index is 12.7. The number of rotatable bonds is 9. The fourth-order valence-corrected chi connectivity index (χ4v) is 4.40. The van der Waals surface area contributed by atoms with Gasteiger partial charge in [-0.05, 0) is 27.8 Å². The molecule has 3 aromatic rings. The number of esters is 1. The van der Waals surface area contributed by atoms with Crippen LogP contribution in [0.15, 0.2) is 78.9 Å². The summed E-state index contributed by atoms with van der Waals surface area (Å²) < 4.78 is 10.7. The summed E-state index contributed by atoms with van der Waals surface area (Å²) in [6, 6.07) is 23.1. The van der Waals surface area contributed by atoms with E-state index < -0.39 is 30.0 Å². The second kappa shape index (κ2) is 11.2. The molecule has 7 nitrogen and oxygen atoms in total. The van der Waals surface area contributed by atoms with Crippen molar-refractivity contribution in [3.63, 3.8) is 0 Å². The summed E-state index contributed by atoms with van der Waals surface area (Å²) in [4.78, 5) is 37.3. The lowest BCUT2D eigenvalue weighted by molar-refractivity contribution is -0.156. The van der Waals surface area contributed by atoms with Crippen molar-refractivity contribution in [2.24, 2.45) is 5.92 Å². The highest BCUT2D eigenvalue weighted by Gasteiger charge is 2.37. The summed E-state index contributed by atoms with van der Waals surface area (Å²) in [7, 11) is 0. The minimum Gasteiger partial charge on any atom is -0.480 e. The van der Waals surface area contributed by atoms with E-state index in [9.17, 15) is 19.5 Å². The van der Waals surface area contributed by atoms with Crippen molar-refractivity contribution in [3.8, 4) is 23.5 Å². The summed E-state index contributed by atoms with van der Waals surface area (Å²) >= 11 is 0. The summed E-state index contributed by atoms with van der Waals surface area (Å²) in [5, 5.41) is 12.0. The topological polar surface area (TPSA) is 102 Å². The molecule has 2 N–H and O–H groups in total. The minimum atomic E-state index is -1.61. The van der Waals surface area contributed by atoms with Crippen molar-refractivity contribution in [2.45, 2.75) is 25.0 Å². The van der Waals surface area contributed by atoms with Crippen molar-refractivity contribution in [1.82, 2.24) is 5.32 Å². The average Bonchev–Trinajstić information content (AvgIpc) is 3.22. The number of benzene rings is 3. The fraction of sp³-hybridized carbons (Fsp3) is 0.207. The monoisotopic (exact) mass is 483 g/mol. The third-order valence-electron chi connectivity index (χ3n) is 6.15. The van der Waals surface area contributed by atoms with Gasteiger partial charge in [0.05, 0.1) is 5.92 Å². The second-order valence-electron chi connectivity index (χ2n) is 8.39. The Morgan fingerprint density at radius 2 is 1.47 bits per heavy atom. The Morgan fingerprint density at radius 3 is 2.06 bits per heavy atom. The van der Waals surface area contributed by atoms with Gasteiger partial charge in [0.2, 0.25) is 0 Å². The molecule has 1 aliphatic rings. The Morgan fingerprint density at radius 1 is 0.889 bits per heavy atom. The van der Waals surface area contributed by atoms with Crippen LogP contribution in [0.25, 0.3) is 11.1 Å². The summed E-state index contributed by atoms with van der Waals surface area (Å²) in [6.07, 6.45) is 4.20. The zero-order chi connectivity index (χ0) is 25.5. The normalized spacial score (nSPS) is 13.4. The number of terminal acetylenes is 1. The maximum absolute atomic E-state index is 12.7. The van der Waals surface area contributed by atoms with Crippen LogP contribution in [0.5, 0.6) is 0 Å². The van der Waals surface area contributed by atoms with Crippen molar-refractivity contribution in [1.29, 1.82) is 0 Å². The molecule has 0 fully saturated rings. The Balaban J connectivity index is 1.42. The van der Waals surface area contributed by atoms with Crippen LogP contribution >= 0.6 is 0 Å². The number of aliphatic carboxylic acids is 1. The molecule has 1 aliphatic carbocycles. The molecule has 36 heavy (non-hydrogen) atoms.